The van der Waals surface area contributed by atoms with Gasteiger partial charge in [0.05, 0.1) is 6.20 Å². The van der Waals surface area contributed by atoms with E-state index in [1.165, 1.54) is 6.20 Å². The molecule has 0 aromatic carbocycles. The molecule has 72 valence electrons. The summed E-state index contributed by atoms with van der Waals surface area (Å²) in [6.45, 7) is 4.20. The highest BCUT2D eigenvalue weighted by atomic mass is 35.5. The van der Waals surface area contributed by atoms with Crippen LogP contribution in [0.25, 0.3) is 0 Å². The van der Waals surface area contributed by atoms with Gasteiger partial charge in [0.25, 0.3) is 0 Å². The molecule has 0 aliphatic heterocycles. The van der Waals surface area contributed by atoms with E-state index >= 15 is 0 Å². The minimum Gasteiger partial charge on any atom is -0.355 e. The molecule has 1 rings (SSSR count). The second kappa shape index (κ2) is 4.58. The Kier molecular flexibility index (Phi) is 3.43. The van der Waals surface area contributed by atoms with Crippen LogP contribution in [-0.2, 0) is 0 Å². The molecular formula is C9H9ClN4. The van der Waals surface area contributed by atoms with E-state index in [1.54, 1.807) is 18.0 Å². The van der Waals surface area contributed by atoms with Crippen molar-refractivity contribution < 1.29 is 0 Å². The fourth-order valence-corrected chi connectivity index (χ4v) is 1.13. The Balaban J connectivity index is 3.11. The lowest BCUT2D eigenvalue weighted by atomic mass is 10.3. The first kappa shape index (κ1) is 10.5. The van der Waals surface area contributed by atoms with Gasteiger partial charge in [0.1, 0.15) is 11.6 Å². The van der Waals surface area contributed by atoms with Crippen LogP contribution in [0.1, 0.15) is 5.56 Å². The van der Waals surface area contributed by atoms with Gasteiger partial charge in [-0.2, -0.15) is 10.2 Å². The minimum atomic E-state index is 0.134. The van der Waals surface area contributed by atoms with E-state index in [4.69, 9.17) is 16.9 Å². The molecule has 0 aliphatic rings. The highest BCUT2D eigenvalue weighted by Gasteiger charge is 2.09. The molecule has 1 aromatic rings. The van der Waals surface area contributed by atoms with Crippen molar-refractivity contribution in [3.63, 3.8) is 0 Å². The standard InChI is InChI=1S/C9H9ClN4/c1-3-4-14(2)8-7(5-11)6-12-9(10)13-8/h3,6H,1,4H2,2H3. The second-order valence-electron chi connectivity index (χ2n) is 2.66. The first-order valence-electron chi connectivity index (χ1n) is 3.93. The van der Waals surface area contributed by atoms with Crippen LogP contribution in [0, 0.1) is 11.3 Å². The Morgan fingerprint density at radius 3 is 3.07 bits per heavy atom. The summed E-state index contributed by atoms with van der Waals surface area (Å²) in [5, 5.41) is 8.94. The summed E-state index contributed by atoms with van der Waals surface area (Å²) in [5.74, 6) is 0.521. The monoisotopic (exact) mass is 208 g/mol. The molecule has 1 heterocycles. The van der Waals surface area contributed by atoms with Gasteiger partial charge < -0.3 is 4.90 Å². The van der Waals surface area contributed by atoms with Gasteiger partial charge in [-0.3, -0.25) is 0 Å². The maximum atomic E-state index is 8.80. The van der Waals surface area contributed by atoms with E-state index in [-0.39, 0.29) is 5.28 Å². The van der Waals surface area contributed by atoms with Crippen LogP contribution in [-0.4, -0.2) is 23.6 Å². The topological polar surface area (TPSA) is 52.8 Å². The van der Waals surface area contributed by atoms with Crippen LogP contribution in [0.15, 0.2) is 18.9 Å². The molecule has 14 heavy (non-hydrogen) atoms. The van der Waals surface area contributed by atoms with E-state index in [0.717, 1.165) is 0 Å². The van der Waals surface area contributed by atoms with Gasteiger partial charge in [-0.1, -0.05) is 6.08 Å². The summed E-state index contributed by atoms with van der Waals surface area (Å²) in [6.07, 6.45) is 3.13. The fourth-order valence-electron chi connectivity index (χ4n) is 1.00. The van der Waals surface area contributed by atoms with Crippen molar-refractivity contribution in [3.05, 3.63) is 29.7 Å². The van der Waals surface area contributed by atoms with Gasteiger partial charge in [0, 0.05) is 13.6 Å². The molecule has 0 N–H and O–H groups in total. The number of hydrogen-bond acceptors (Lipinski definition) is 4. The quantitative estimate of drug-likeness (QED) is 0.560. The van der Waals surface area contributed by atoms with Crippen molar-refractivity contribution in [1.29, 1.82) is 5.26 Å². The SMILES string of the molecule is C=CCN(C)c1nc(Cl)ncc1C#N. The highest BCUT2D eigenvalue weighted by Crippen LogP contribution is 2.16. The number of halogens is 1. The van der Waals surface area contributed by atoms with Crippen molar-refractivity contribution >= 4 is 17.4 Å². The molecule has 0 bridgehead atoms. The van der Waals surface area contributed by atoms with Crippen molar-refractivity contribution in [2.45, 2.75) is 0 Å². The lowest BCUT2D eigenvalue weighted by Crippen LogP contribution is -2.19. The molecule has 0 saturated heterocycles. The number of hydrogen-bond donors (Lipinski definition) is 0. The third-order valence-electron chi connectivity index (χ3n) is 1.62. The predicted molar refractivity (Wildman–Crippen MR) is 55.2 cm³/mol. The van der Waals surface area contributed by atoms with Gasteiger partial charge >= 0.3 is 0 Å². The van der Waals surface area contributed by atoms with Crippen molar-refractivity contribution in [2.24, 2.45) is 0 Å². The Labute approximate surface area is 87.5 Å². The number of rotatable bonds is 3. The summed E-state index contributed by atoms with van der Waals surface area (Å²) in [7, 11) is 1.81. The van der Waals surface area contributed by atoms with Crippen molar-refractivity contribution in [1.82, 2.24) is 9.97 Å². The van der Waals surface area contributed by atoms with Gasteiger partial charge in [0.2, 0.25) is 5.28 Å². The third-order valence-corrected chi connectivity index (χ3v) is 1.81. The summed E-state index contributed by atoms with van der Waals surface area (Å²) >= 11 is 5.63. The number of nitriles is 1. The Morgan fingerprint density at radius 2 is 2.50 bits per heavy atom. The lowest BCUT2D eigenvalue weighted by Gasteiger charge is -2.16. The maximum Gasteiger partial charge on any atom is 0.224 e. The van der Waals surface area contributed by atoms with E-state index in [9.17, 15) is 0 Å². The zero-order chi connectivity index (χ0) is 10.6. The van der Waals surface area contributed by atoms with E-state index in [1.807, 2.05) is 6.07 Å². The van der Waals surface area contributed by atoms with E-state index in [2.05, 4.69) is 16.5 Å². The Morgan fingerprint density at radius 1 is 1.79 bits per heavy atom. The first-order valence-corrected chi connectivity index (χ1v) is 4.31. The van der Waals surface area contributed by atoms with Gasteiger partial charge in [-0.15, -0.1) is 6.58 Å². The van der Waals surface area contributed by atoms with Crippen LogP contribution in [0.5, 0.6) is 0 Å². The zero-order valence-electron chi connectivity index (χ0n) is 7.74. The Bertz CT molecular complexity index is 383. The fraction of sp³-hybridized carbons (Fsp3) is 0.222. The van der Waals surface area contributed by atoms with Gasteiger partial charge in [-0.05, 0) is 11.6 Å². The molecule has 0 unspecified atom stereocenters. The molecule has 1 aromatic heterocycles. The molecular weight excluding hydrogens is 200 g/mol. The summed E-state index contributed by atoms with van der Waals surface area (Å²) in [5.41, 5.74) is 0.402. The molecule has 0 spiro atoms. The van der Waals surface area contributed by atoms with Crippen LogP contribution < -0.4 is 4.90 Å². The molecule has 0 atom stereocenters. The Hall–Kier alpha value is -1.60. The largest absolute Gasteiger partial charge is 0.355 e. The minimum absolute atomic E-state index is 0.134. The molecule has 0 radical (unpaired) electrons. The molecule has 0 saturated carbocycles. The van der Waals surface area contributed by atoms with Crippen LogP contribution in [0.2, 0.25) is 5.28 Å². The van der Waals surface area contributed by atoms with Crippen LogP contribution in [0.3, 0.4) is 0 Å². The average molecular weight is 209 g/mol. The molecule has 0 fully saturated rings. The summed E-state index contributed by atoms with van der Waals surface area (Å²) in [4.78, 5) is 9.48. The van der Waals surface area contributed by atoms with Crippen LogP contribution in [0.4, 0.5) is 5.82 Å². The highest BCUT2D eigenvalue weighted by molar-refractivity contribution is 6.28. The smallest absolute Gasteiger partial charge is 0.224 e. The summed E-state index contributed by atoms with van der Waals surface area (Å²) in [6, 6.07) is 2.00. The number of likely N-dealkylation sites (N-methyl/N-ethyl adjacent to an activating group) is 1. The predicted octanol–water partition coefficient (Wildman–Crippen LogP) is 1.62. The zero-order valence-corrected chi connectivity index (χ0v) is 8.49. The first-order chi connectivity index (χ1) is 6.69. The lowest BCUT2D eigenvalue weighted by molar-refractivity contribution is 0.969. The third kappa shape index (κ3) is 2.21. The van der Waals surface area contributed by atoms with E-state index in [0.29, 0.717) is 17.9 Å². The molecule has 0 aliphatic carbocycles. The average Bonchev–Trinajstić information content (AvgIpc) is 2.18. The van der Waals surface area contributed by atoms with E-state index < -0.39 is 0 Å². The molecule has 4 nitrogen and oxygen atoms in total. The number of aromatic nitrogens is 2. The maximum absolute atomic E-state index is 8.80. The second-order valence-corrected chi connectivity index (χ2v) is 3.00. The van der Waals surface area contributed by atoms with Crippen molar-refractivity contribution in [2.75, 3.05) is 18.5 Å². The molecule has 0 amide bonds. The normalized spacial score (nSPS) is 9.21. The molecule has 5 heteroatoms. The summed E-state index contributed by atoms with van der Waals surface area (Å²) < 4.78 is 0. The van der Waals surface area contributed by atoms with Crippen molar-refractivity contribution in [3.8, 4) is 6.07 Å². The van der Waals surface area contributed by atoms with Crippen LogP contribution >= 0.6 is 11.6 Å². The number of anilines is 1. The van der Waals surface area contributed by atoms with Gasteiger partial charge in [0.15, 0.2) is 5.82 Å². The van der Waals surface area contributed by atoms with Gasteiger partial charge in [-0.25, -0.2) is 4.98 Å². The number of nitrogens with zero attached hydrogens (tertiary/aromatic N) is 4.